The second-order valence-corrected chi connectivity index (χ2v) is 5.53. The molecule has 19 heavy (non-hydrogen) atoms. The highest BCUT2D eigenvalue weighted by molar-refractivity contribution is 6.30. The normalized spacial score (nSPS) is 12.4. The quantitative estimate of drug-likeness (QED) is 0.852. The monoisotopic (exact) mass is 293 g/mol. The molecule has 0 aliphatic heterocycles. The van der Waals surface area contributed by atoms with Crippen LogP contribution in [0, 0.1) is 0 Å². The molecule has 2 aromatic carbocycles. The molecule has 0 aliphatic carbocycles. The van der Waals surface area contributed by atoms with Gasteiger partial charge in [0.1, 0.15) is 0 Å². The van der Waals surface area contributed by atoms with Gasteiger partial charge in [0.25, 0.3) is 0 Å². The third-order valence-electron chi connectivity index (χ3n) is 3.23. The van der Waals surface area contributed by atoms with Crippen LogP contribution in [-0.4, -0.2) is 6.54 Å². The minimum atomic E-state index is 0.393. The predicted molar refractivity (Wildman–Crippen MR) is 83.0 cm³/mol. The lowest BCUT2D eigenvalue weighted by Gasteiger charge is -2.17. The van der Waals surface area contributed by atoms with Crippen molar-refractivity contribution in [2.24, 2.45) is 5.73 Å². The molecule has 0 amide bonds. The van der Waals surface area contributed by atoms with Gasteiger partial charge in [-0.25, -0.2) is 0 Å². The van der Waals surface area contributed by atoms with E-state index in [-0.39, 0.29) is 0 Å². The van der Waals surface area contributed by atoms with Gasteiger partial charge in [0.2, 0.25) is 0 Å². The van der Waals surface area contributed by atoms with Crippen LogP contribution in [0.1, 0.15) is 23.5 Å². The predicted octanol–water partition coefficient (Wildman–Crippen LogP) is 4.67. The molecule has 3 heteroatoms. The first-order valence-corrected chi connectivity index (χ1v) is 7.14. The fourth-order valence-electron chi connectivity index (χ4n) is 2.25. The Labute approximate surface area is 124 Å². The molecule has 100 valence electrons. The Bertz CT molecular complexity index is 523. The molecule has 2 rings (SSSR count). The van der Waals surface area contributed by atoms with Gasteiger partial charge < -0.3 is 5.73 Å². The van der Waals surface area contributed by atoms with Crippen LogP contribution >= 0.6 is 23.2 Å². The number of halogens is 2. The number of benzene rings is 2. The van der Waals surface area contributed by atoms with E-state index in [2.05, 4.69) is 18.2 Å². The maximum Gasteiger partial charge on any atom is 0.0408 e. The summed E-state index contributed by atoms with van der Waals surface area (Å²) in [5.74, 6) is 0.393. The highest BCUT2D eigenvalue weighted by Crippen LogP contribution is 2.26. The second-order valence-electron chi connectivity index (χ2n) is 4.66. The Balaban J connectivity index is 2.18. The molecule has 0 fully saturated rings. The SMILES string of the molecule is NCCC(Cc1ccc(Cl)cc1)c1cccc(Cl)c1. The maximum absolute atomic E-state index is 6.06. The molecule has 0 radical (unpaired) electrons. The van der Waals surface area contributed by atoms with Crippen molar-refractivity contribution < 1.29 is 0 Å². The Morgan fingerprint density at radius 3 is 2.32 bits per heavy atom. The van der Waals surface area contributed by atoms with E-state index in [1.165, 1.54) is 11.1 Å². The van der Waals surface area contributed by atoms with Crippen molar-refractivity contribution in [2.45, 2.75) is 18.8 Å². The van der Waals surface area contributed by atoms with Crippen molar-refractivity contribution in [3.8, 4) is 0 Å². The topological polar surface area (TPSA) is 26.0 Å². The molecule has 0 spiro atoms. The fourth-order valence-corrected chi connectivity index (χ4v) is 2.58. The molecule has 0 saturated heterocycles. The van der Waals surface area contributed by atoms with E-state index < -0.39 is 0 Å². The molecule has 1 unspecified atom stereocenters. The van der Waals surface area contributed by atoms with E-state index in [0.717, 1.165) is 22.9 Å². The number of nitrogens with two attached hydrogens (primary N) is 1. The van der Waals surface area contributed by atoms with Crippen LogP contribution < -0.4 is 5.73 Å². The van der Waals surface area contributed by atoms with Gasteiger partial charge in [0.15, 0.2) is 0 Å². The van der Waals surface area contributed by atoms with E-state index in [1.807, 2.05) is 30.3 Å². The molecule has 0 aromatic heterocycles. The Kier molecular flexibility index (Phi) is 5.26. The summed E-state index contributed by atoms with van der Waals surface area (Å²) in [6.45, 7) is 0.671. The Morgan fingerprint density at radius 1 is 0.947 bits per heavy atom. The third kappa shape index (κ3) is 4.24. The van der Waals surface area contributed by atoms with Gasteiger partial charge in [0, 0.05) is 10.0 Å². The molecular weight excluding hydrogens is 277 g/mol. The van der Waals surface area contributed by atoms with Crippen molar-refractivity contribution in [1.29, 1.82) is 0 Å². The van der Waals surface area contributed by atoms with E-state index in [4.69, 9.17) is 28.9 Å². The van der Waals surface area contributed by atoms with Crippen molar-refractivity contribution in [2.75, 3.05) is 6.54 Å². The minimum Gasteiger partial charge on any atom is -0.330 e. The summed E-state index contributed by atoms with van der Waals surface area (Å²) in [5, 5.41) is 1.54. The van der Waals surface area contributed by atoms with Crippen LogP contribution in [0.4, 0.5) is 0 Å². The largest absolute Gasteiger partial charge is 0.330 e. The summed E-state index contributed by atoms with van der Waals surface area (Å²) in [6.07, 6.45) is 1.90. The van der Waals surface area contributed by atoms with Crippen molar-refractivity contribution in [3.05, 3.63) is 69.7 Å². The first-order chi connectivity index (χ1) is 9.19. The van der Waals surface area contributed by atoms with E-state index in [0.29, 0.717) is 12.5 Å². The second kappa shape index (κ2) is 6.95. The van der Waals surface area contributed by atoms with E-state index >= 15 is 0 Å². The zero-order chi connectivity index (χ0) is 13.7. The summed E-state index contributed by atoms with van der Waals surface area (Å²) >= 11 is 12.0. The average molecular weight is 294 g/mol. The first-order valence-electron chi connectivity index (χ1n) is 6.39. The average Bonchev–Trinajstić information content (AvgIpc) is 2.41. The van der Waals surface area contributed by atoms with E-state index in [9.17, 15) is 0 Å². The Hall–Kier alpha value is -1.02. The Morgan fingerprint density at radius 2 is 1.68 bits per heavy atom. The van der Waals surface area contributed by atoms with Crippen LogP contribution in [-0.2, 0) is 6.42 Å². The zero-order valence-corrected chi connectivity index (χ0v) is 12.2. The number of hydrogen-bond donors (Lipinski definition) is 1. The van der Waals surface area contributed by atoms with E-state index in [1.54, 1.807) is 0 Å². The summed E-state index contributed by atoms with van der Waals surface area (Å²) in [5.41, 5.74) is 8.24. The third-order valence-corrected chi connectivity index (χ3v) is 3.72. The minimum absolute atomic E-state index is 0.393. The van der Waals surface area contributed by atoms with Crippen molar-refractivity contribution in [3.63, 3.8) is 0 Å². The maximum atomic E-state index is 6.06. The van der Waals surface area contributed by atoms with Gasteiger partial charge >= 0.3 is 0 Å². The summed E-state index contributed by atoms with van der Waals surface area (Å²) in [4.78, 5) is 0. The summed E-state index contributed by atoms with van der Waals surface area (Å²) in [6, 6.07) is 16.0. The van der Waals surface area contributed by atoms with Crippen LogP contribution in [0.2, 0.25) is 10.0 Å². The first kappa shape index (κ1) is 14.4. The molecule has 1 nitrogen and oxygen atoms in total. The highest BCUT2D eigenvalue weighted by Gasteiger charge is 2.12. The highest BCUT2D eigenvalue weighted by atomic mass is 35.5. The van der Waals surface area contributed by atoms with Gasteiger partial charge in [-0.3, -0.25) is 0 Å². The zero-order valence-electron chi connectivity index (χ0n) is 10.7. The molecular formula is C16H17Cl2N. The smallest absolute Gasteiger partial charge is 0.0408 e. The number of hydrogen-bond acceptors (Lipinski definition) is 1. The molecule has 0 heterocycles. The van der Waals surface area contributed by atoms with Crippen molar-refractivity contribution in [1.82, 2.24) is 0 Å². The van der Waals surface area contributed by atoms with Crippen LogP contribution in [0.3, 0.4) is 0 Å². The molecule has 2 N–H and O–H groups in total. The van der Waals surface area contributed by atoms with Gasteiger partial charge in [-0.2, -0.15) is 0 Å². The molecule has 0 aliphatic rings. The van der Waals surface area contributed by atoms with Crippen LogP contribution in [0.25, 0.3) is 0 Å². The molecule has 1 atom stereocenters. The standard InChI is InChI=1S/C16H17Cl2N/c17-15-6-4-12(5-7-15)10-14(8-9-19)13-2-1-3-16(18)11-13/h1-7,11,14H,8-10,19H2. The van der Waals surface area contributed by atoms with Crippen molar-refractivity contribution >= 4 is 23.2 Å². The lowest BCUT2D eigenvalue weighted by atomic mass is 9.89. The van der Waals surface area contributed by atoms with Gasteiger partial charge in [-0.15, -0.1) is 0 Å². The van der Waals surface area contributed by atoms with Gasteiger partial charge in [-0.05, 0) is 60.7 Å². The molecule has 0 saturated carbocycles. The molecule has 2 aromatic rings. The van der Waals surface area contributed by atoms with Gasteiger partial charge in [0.05, 0.1) is 0 Å². The van der Waals surface area contributed by atoms with Crippen LogP contribution in [0.15, 0.2) is 48.5 Å². The van der Waals surface area contributed by atoms with Crippen LogP contribution in [0.5, 0.6) is 0 Å². The lowest BCUT2D eigenvalue weighted by Crippen LogP contribution is -2.10. The fraction of sp³-hybridized carbons (Fsp3) is 0.250. The van der Waals surface area contributed by atoms with Gasteiger partial charge in [-0.1, -0.05) is 47.5 Å². The number of rotatable bonds is 5. The molecule has 0 bridgehead atoms. The summed E-state index contributed by atoms with van der Waals surface area (Å²) < 4.78 is 0. The lowest BCUT2D eigenvalue weighted by molar-refractivity contribution is 0.630. The summed E-state index contributed by atoms with van der Waals surface area (Å²) in [7, 11) is 0.